The zero-order chi connectivity index (χ0) is 39.2. The molecule has 54 heavy (non-hydrogen) atoms. The molecule has 1 fully saturated rings. The lowest BCUT2D eigenvalue weighted by Gasteiger charge is -2.23. The van der Waals surface area contributed by atoms with E-state index in [-0.39, 0.29) is 45.4 Å². The summed E-state index contributed by atoms with van der Waals surface area (Å²) in [5.41, 5.74) is 0. The standard InChI is InChI=1S/C34H56N4O16/c1-46-12-13-48-16-17-50-20-21-52-24-25-53-23-22-51-19-18-49-15-14-47-11-9-28(39)36-27(34(45)54-38-32(43)7-8-33(38)44)4-2-3-10-35-29(40)26-37-30(41)5-6-31(37)42/h5-6,27-28,36,39H,2-4,7-26H2,1H3,(H,35,40)/t27-,28?/m0/s1. The number of amides is 5. The van der Waals surface area contributed by atoms with Gasteiger partial charge in [0.15, 0.2) is 0 Å². The summed E-state index contributed by atoms with van der Waals surface area (Å²) in [4.78, 5) is 77.9. The molecule has 0 aromatic heterocycles. The molecule has 2 atom stereocenters. The molecule has 20 heteroatoms. The molecule has 1 unspecified atom stereocenters. The number of hydroxylamine groups is 2. The third-order valence-corrected chi connectivity index (χ3v) is 7.51. The Morgan fingerprint density at radius 3 is 1.57 bits per heavy atom. The Morgan fingerprint density at radius 1 is 0.667 bits per heavy atom. The second-order valence-corrected chi connectivity index (χ2v) is 11.7. The van der Waals surface area contributed by atoms with E-state index in [4.69, 9.17) is 42.7 Å². The van der Waals surface area contributed by atoms with Gasteiger partial charge in [-0.05, 0) is 19.3 Å². The summed E-state index contributed by atoms with van der Waals surface area (Å²) in [6, 6.07) is -1.09. The van der Waals surface area contributed by atoms with Crippen molar-refractivity contribution in [3.05, 3.63) is 12.2 Å². The van der Waals surface area contributed by atoms with Gasteiger partial charge in [0.25, 0.3) is 23.6 Å². The van der Waals surface area contributed by atoms with Crippen LogP contribution < -0.4 is 10.6 Å². The van der Waals surface area contributed by atoms with E-state index in [1.165, 1.54) is 0 Å². The predicted octanol–water partition coefficient (Wildman–Crippen LogP) is -1.77. The van der Waals surface area contributed by atoms with Gasteiger partial charge in [-0.3, -0.25) is 34.2 Å². The van der Waals surface area contributed by atoms with Crippen molar-refractivity contribution >= 4 is 35.5 Å². The minimum Gasteiger partial charge on any atom is -0.382 e. The maximum absolute atomic E-state index is 12.9. The van der Waals surface area contributed by atoms with Crippen LogP contribution >= 0.6 is 0 Å². The molecule has 1 saturated heterocycles. The van der Waals surface area contributed by atoms with Crippen molar-refractivity contribution in [3.8, 4) is 0 Å². The van der Waals surface area contributed by atoms with Crippen LogP contribution in [0.3, 0.4) is 0 Å². The Balaban J connectivity index is 1.49. The first-order valence-corrected chi connectivity index (χ1v) is 18.1. The number of aliphatic hydroxyl groups is 1. The lowest BCUT2D eigenvalue weighted by atomic mass is 10.1. The van der Waals surface area contributed by atoms with Gasteiger partial charge >= 0.3 is 5.97 Å². The van der Waals surface area contributed by atoms with Crippen molar-refractivity contribution in [1.82, 2.24) is 20.6 Å². The van der Waals surface area contributed by atoms with E-state index in [0.29, 0.717) is 104 Å². The normalized spacial score (nSPS) is 15.4. The highest BCUT2D eigenvalue weighted by Crippen LogP contribution is 2.14. The van der Waals surface area contributed by atoms with Gasteiger partial charge in [0.05, 0.1) is 99.1 Å². The molecule has 0 radical (unpaired) electrons. The van der Waals surface area contributed by atoms with Gasteiger partial charge in [-0.25, -0.2) is 4.79 Å². The average Bonchev–Trinajstić information content (AvgIpc) is 3.64. The van der Waals surface area contributed by atoms with E-state index in [2.05, 4.69) is 10.6 Å². The van der Waals surface area contributed by atoms with E-state index in [9.17, 15) is 33.9 Å². The quantitative estimate of drug-likeness (QED) is 0.0367. The maximum Gasteiger partial charge on any atom is 0.350 e. The molecule has 2 heterocycles. The number of ether oxygens (including phenoxy) is 8. The van der Waals surface area contributed by atoms with E-state index >= 15 is 0 Å². The van der Waals surface area contributed by atoms with Crippen LogP contribution in [-0.2, 0) is 71.5 Å². The van der Waals surface area contributed by atoms with Crippen molar-refractivity contribution < 1.29 is 76.6 Å². The number of aliphatic hydroxyl groups excluding tert-OH is 1. The van der Waals surface area contributed by atoms with Crippen molar-refractivity contribution in [2.75, 3.05) is 119 Å². The van der Waals surface area contributed by atoms with Gasteiger partial charge in [-0.1, -0.05) is 0 Å². The summed E-state index contributed by atoms with van der Waals surface area (Å²) >= 11 is 0. The van der Waals surface area contributed by atoms with Crippen LogP contribution in [0.1, 0.15) is 38.5 Å². The van der Waals surface area contributed by atoms with E-state index in [1.807, 2.05) is 0 Å². The van der Waals surface area contributed by atoms with Crippen LogP contribution in [0.4, 0.5) is 0 Å². The lowest BCUT2D eigenvalue weighted by Crippen LogP contribution is -2.47. The first-order chi connectivity index (χ1) is 26.2. The van der Waals surface area contributed by atoms with E-state index in [1.54, 1.807) is 7.11 Å². The molecular weight excluding hydrogens is 720 g/mol. The van der Waals surface area contributed by atoms with Gasteiger partial charge in [0, 0.05) is 45.1 Å². The minimum atomic E-state index is -1.18. The molecule has 3 N–H and O–H groups in total. The third-order valence-electron chi connectivity index (χ3n) is 7.51. The number of carbonyl (C=O) groups is 6. The van der Waals surface area contributed by atoms with E-state index < -0.39 is 54.3 Å². The second kappa shape index (κ2) is 29.9. The molecule has 2 aliphatic rings. The molecule has 2 aliphatic heterocycles. The largest absolute Gasteiger partial charge is 0.382 e. The van der Waals surface area contributed by atoms with Crippen LogP contribution in [0.5, 0.6) is 0 Å². The summed E-state index contributed by atoms with van der Waals surface area (Å²) in [7, 11) is 1.62. The van der Waals surface area contributed by atoms with Crippen molar-refractivity contribution in [2.45, 2.75) is 50.8 Å². The first-order valence-electron chi connectivity index (χ1n) is 18.1. The number of hydrogen-bond donors (Lipinski definition) is 3. The summed E-state index contributed by atoms with van der Waals surface area (Å²) in [5.74, 6) is -3.85. The summed E-state index contributed by atoms with van der Waals surface area (Å²) in [5, 5.41) is 16.3. The van der Waals surface area contributed by atoms with Crippen LogP contribution in [0.25, 0.3) is 0 Å². The minimum absolute atomic E-state index is 0.0668. The van der Waals surface area contributed by atoms with Gasteiger partial charge in [0.2, 0.25) is 5.91 Å². The highest BCUT2D eigenvalue weighted by atomic mass is 16.7. The molecule has 0 aromatic rings. The SMILES string of the molecule is COCCOCCOCCOCCOCCOCCOCCOCCC(O)N[C@@H](CCCCNC(=O)CN1C(=O)C=CC1=O)C(=O)ON1C(=O)CCC1=O. The number of nitrogens with one attached hydrogen (secondary N) is 2. The van der Waals surface area contributed by atoms with Crippen LogP contribution in [0, 0.1) is 0 Å². The Bertz CT molecular complexity index is 1120. The van der Waals surface area contributed by atoms with Crippen LogP contribution in [0.15, 0.2) is 12.2 Å². The summed E-state index contributed by atoms with van der Waals surface area (Å²) in [6.45, 7) is 6.05. The smallest absolute Gasteiger partial charge is 0.350 e. The Kier molecular flexibility index (Phi) is 25.8. The fourth-order valence-electron chi connectivity index (χ4n) is 4.64. The number of nitrogens with zero attached hydrogens (tertiary/aromatic N) is 2. The van der Waals surface area contributed by atoms with Crippen molar-refractivity contribution in [1.29, 1.82) is 0 Å². The number of imide groups is 2. The molecule has 0 spiro atoms. The topological polar surface area (TPSA) is 236 Å². The molecule has 0 aliphatic carbocycles. The number of methoxy groups -OCH3 is 1. The molecule has 0 saturated carbocycles. The predicted molar refractivity (Wildman–Crippen MR) is 185 cm³/mol. The van der Waals surface area contributed by atoms with Gasteiger partial charge < -0.3 is 53.2 Å². The fourth-order valence-corrected chi connectivity index (χ4v) is 4.64. The highest BCUT2D eigenvalue weighted by molar-refractivity contribution is 6.14. The Hall–Kier alpha value is -3.44. The van der Waals surface area contributed by atoms with Crippen molar-refractivity contribution in [3.63, 3.8) is 0 Å². The van der Waals surface area contributed by atoms with Gasteiger partial charge in [-0.2, -0.15) is 0 Å². The maximum atomic E-state index is 12.9. The summed E-state index contributed by atoms with van der Waals surface area (Å²) in [6.07, 6.45) is 1.87. The Labute approximate surface area is 314 Å². The van der Waals surface area contributed by atoms with Gasteiger partial charge in [0.1, 0.15) is 18.8 Å². The summed E-state index contributed by atoms with van der Waals surface area (Å²) < 4.78 is 42.8. The van der Waals surface area contributed by atoms with E-state index in [0.717, 1.165) is 17.1 Å². The monoisotopic (exact) mass is 776 g/mol. The molecular formula is C34H56N4O16. The zero-order valence-corrected chi connectivity index (χ0v) is 31.0. The first kappa shape index (κ1) is 46.7. The number of rotatable bonds is 35. The van der Waals surface area contributed by atoms with Crippen LogP contribution in [0.2, 0.25) is 0 Å². The molecule has 308 valence electrons. The average molecular weight is 777 g/mol. The third kappa shape index (κ3) is 21.4. The molecule has 2 rings (SSSR count). The van der Waals surface area contributed by atoms with Gasteiger partial charge in [-0.15, -0.1) is 5.06 Å². The molecule has 5 amide bonds. The van der Waals surface area contributed by atoms with Crippen molar-refractivity contribution in [2.24, 2.45) is 0 Å². The molecule has 0 bridgehead atoms. The number of carbonyl (C=O) groups excluding carboxylic acids is 6. The highest BCUT2D eigenvalue weighted by Gasteiger charge is 2.35. The zero-order valence-electron chi connectivity index (χ0n) is 31.0. The number of unbranched alkanes of at least 4 members (excludes halogenated alkanes) is 1. The van der Waals surface area contributed by atoms with Crippen LogP contribution in [-0.4, -0.2) is 182 Å². The fraction of sp³-hybridized carbons (Fsp3) is 0.765. The number of hydrogen-bond acceptors (Lipinski definition) is 17. The molecule has 20 nitrogen and oxygen atoms in total. The second-order valence-electron chi connectivity index (χ2n) is 11.7. The lowest BCUT2D eigenvalue weighted by molar-refractivity contribution is -0.199. The molecule has 0 aromatic carbocycles. The Morgan fingerprint density at radius 2 is 1.11 bits per heavy atom.